The molecule has 0 fully saturated rings. The number of nitrogens with two attached hydrogens (primary N) is 1. The monoisotopic (exact) mass is 147 g/mol. The van der Waals surface area contributed by atoms with E-state index in [2.05, 4.69) is 0 Å². The van der Waals surface area contributed by atoms with Crippen molar-refractivity contribution in [3.63, 3.8) is 0 Å². The third kappa shape index (κ3) is 2.33. The summed E-state index contributed by atoms with van der Waals surface area (Å²) in [4.78, 5) is 10.5. The first-order chi connectivity index (χ1) is 4.63. The van der Waals surface area contributed by atoms with Crippen molar-refractivity contribution in [2.75, 3.05) is 13.2 Å². The lowest BCUT2D eigenvalue weighted by molar-refractivity contribution is -0.124. The molecule has 1 amide bonds. The highest BCUT2D eigenvalue weighted by Crippen LogP contribution is 2.08. The largest absolute Gasteiger partial charge is 0.396 e. The average molecular weight is 147 g/mol. The summed E-state index contributed by atoms with van der Waals surface area (Å²) < 4.78 is 0. The molecule has 4 heteroatoms. The summed E-state index contributed by atoms with van der Waals surface area (Å²) in [5, 5.41) is 17.2. The second-order valence-corrected chi connectivity index (χ2v) is 2.32. The molecule has 0 aromatic carbocycles. The first-order valence-electron chi connectivity index (χ1n) is 3.14. The van der Waals surface area contributed by atoms with Crippen molar-refractivity contribution in [3.05, 3.63) is 0 Å². The quantitative estimate of drug-likeness (QED) is 0.462. The predicted molar refractivity (Wildman–Crippen MR) is 36.0 cm³/mol. The van der Waals surface area contributed by atoms with Crippen molar-refractivity contribution in [3.8, 4) is 0 Å². The minimum atomic E-state index is -0.492. The lowest BCUT2D eigenvalue weighted by atomic mass is 9.95. The molecule has 0 aromatic rings. The number of carbonyl (C=O) groups excluding carboxylic acids is 1. The first-order valence-corrected chi connectivity index (χ1v) is 3.14. The van der Waals surface area contributed by atoms with Crippen molar-refractivity contribution >= 4 is 5.91 Å². The van der Waals surface area contributed by atoms with Gasteiger partial charge in [0, 0.05) is 25.0 Å². The summed E-state index contributed by atoms with van der Waals surface area (Å²) in [5.41, 5.74) is 4.93. The predicted octanol–water partition coefficient (Wildman–Crippen LogP) is -1.29. The summed E-state index contributed by atoms with van der Waals surface area (Å²) in [5.74, 6) is -1.37. The van der Waals surface area contributed by atoms with Gasteiger partial charge in [-0.25, -0.2) is 0 Å². The third-order valence-corrected chi connectivity index (χ3v) is 1.62. The van der Waals surface area contributed by atoms with Crippen LogP contribution >= 0.6 is 0 Å². The fourth-order valence-corrected chi connectivity index (χ4v) is 0.606. The van der Waals surface area contributed by atoms with E-state index in [1.165, 1.54) is 0 Å². The maximum Gasteiger partial charge on any atom is 0.220 e. The van der Waals surface area contributed by atoms with E-state index in [1.807, 2.05) is 0 Å². The Labute approximate surface area is 59.7 Å². The van der Waals surface area contributed by atoms with Crippen LogP contribution in [0.2, 0.25) is 0 Å². The molecule has 0 heterocycles. The number of amides is 1. The smallest absolute Gasteiger partial charge is 0.220 e. The Morgan fingerprint density at radius 2 is 1.90 bits per heavy atom. The molecule has 0 saturated carbocycles. The van der Waals surface area contributed by atoms with Crippen LogP contribution in [0.15, 0.2) is 0 Å². The highest BCUT2D eigenvalue weighted by atomic mass is 16.3. The van der Waals surface area contributed by atoms with Gasteiger partial charge in [-0.1, -0.05) is 6.92 Å². The van der Waals surface area contributed by atoms with Crippen molar-refractivity contribution in [2.45, 2.75) is 6.92 Å². The summed E-state index contributed by atoms with van der Waals surface area (Å²) in [7, 11) is 0. The van der Waals surface area contributed by atoms with Gasteiger partial charge in [0.1, 0.15) is 0 Å². The number of aliphatic hydroxyl groups excluding tert-OH is 2. The van der Waals surface area contributed by atoms with Crippen LogP contribution in [0, 0.1) is 11.8 Å². The van der Waals surface area contributed by atoms with Gasteiger partial charge in [-0.3, -0.25) is 4.79 Å². The van der Waals surface area contributed by atoms with Crippen LogP contribution < -0.4 is 5.73 Å². The van der Waals surface area contributed by atoms with E-state index in [4.69, 9.17) is 15.9 Å². The van der Waals surface area contributed by atoms with E-state index in [-0.39, 0.29) is 13.2 Å². The lowest BCUT2D eigenvalue weighted by Crippen LogP contribution is -2.31. The molecule has 0 aliphatic heterocycles. The minimum Gasteiger partial charge on any atom is -0.396 e. The van der Waals surface area contributed by atoms with Crippen LogP contribution in [0.3, 0.4) is 0 Å². The van der Waals surface area contributed by atoms with Gasteiger partial charge in [0.2, 0.25) is 5.91 Å². The molecule has 0 aliphatic rings. The van der Waals surface area contributed by atoms with E-state index in [1.54, 1.807) is 6.92 Å². The van der Waals surface area contributed by atoms with Crippen molar-refractivity contribution < 1.29 is 15.0 Å². The van der Waals surface area contributed by atoms with E-state index in [0.29, 0.717) is 0 Å². The van der Waals surface area contributed by atoms with Gasteiger partial charge in [-0.2, -0.15) is 0 Å². The Balaban J connectivity index is 3.88. The van der Waals surface area contributed by atoms with Crippen LogP contribution in [0.25, 0.3) is 0 Å². The second kappa shape index (κ2) is 4.24. The van der Waals surface area contributed by atoms with E-state index >= 15 is 0 Å². The number of rotatable bonds is 4. The molecular weight excluding hydrogens is 134 g/mol. The zero-order valence-corrected chi connectivity index (χ0v) is 5.95. The maximum absolute atomic E-state index is 10.5. The topological polar surface area (TPSA) is 83.6 Å². The molecule has 0 bridgehead atoms. The zero-order chi connectivity index (χ0) is 8.15. The van der Waals surface area contributed by atoms with Gasteiger partial charge in [0.25, 0.3) is 0 Å². The molecule has 4 nitrogen and oxygen atoms in total. The second-order valence-electron chi connectivity index (χ2n) is 2.32. The lowest BCUT2D eigenvalue weighted by Gasteiger charge is -2.15. The fourth-order valence-electron chi connectivity index (χ4n) is 0.606. The molecule has 0 saturated heterocycles. The van der Waals surface area contributed by atoms with Crippen LogP contribution in [-0.2, 0) is 4.79 Å². The summed E-state index contributed by atoms with van der Waals surface area (Å²) >= 11 is 0. The molecule has 0 aromatic heterocycles. The Morgan fingerprint density at radius 3 is 2.00 bits per heavy atom. The number of hydrogen-bond acceptors (Lipinski definition) is 3. The average Bonchev–Trinajstić information content (AvgIpc) is 1.90. The fraction of sp³-hybridized carbons (Fsp3) is 0.833. The van der Waals surface area contributed by atoms with Crippen molar-refractivity contribution in [2.24, 2.45) is 17.6 Å². The SMILES string of the molecule is CC(C(N)=O)C(CO)CO. The molecule has 0 aliphatic carbocycles. The van der Waals surface area contributed by atoms with Gasteiger partial charge < -0.3 is 15.9 Å². The first kappa shape index (κ1) is 9.39. The van der Waals surface area contributed by atoms with Crippen LogP contribution in [-0.4, -0.2) is 29.3 Å². The van der Waals surface area contributed by atoms with Gasteiger partial charge in [-0.05, 0) is 0 Å². The molecule has 0 radical (unpaired) electrons. The van der Waals surface area contributed by atoms with E-state index < -0.39 is 17.7 Å². The molecule has 0 rings (SSSR count). The molecule has 4 N–H and O–H groups in total. The Hall–Kier alpha value is -0.610. The Kier molecular flexibility index (Phi) is 3.99. The van der Waals surface area contributed by atoms with Crippen LogP contribution in [0.5, 0.6) is 0 Å². The summed E-state index contributed by atoms with van der Waals surface area (Å²) in [6.45, 7) is 1.17. The molecule has 1 atom stereocenters. The molecular formula is C6H13NO3. The Bertz CT molecular complexity index is 112. The number of hydrogen-bond donors (Lipinski definition) is 3. The standard InChI is InChI=1S/C6H13NO3/c1-4(6(7)10)5(2-8)3-9/h4-5,8-9H,2-3H2,1H3,(H2,7,10). The van der Waals surface area contributed by atoms with Crippen LogP contribution in [0.1, 0.15) is 6.92 Å². The number of primary amides is 1. The summed E-state index contributed by atoms with van der Waals surface area (Å²) in [6, 6.07) is 0. The minimum absolute atomic E-state index is 0.208. The third-order valence-electron chi connectivity index (χ3n) is 1.62. The molecule has 60 valence electrons. The van der Waals surface area contributed by atoms with Crippen LogP contribution in [0.4, 0.5) is 0 Å². The Morgan fingerprint density at radius 1 is 1.50 bits per heavy atom. The number of carbonyl (C=O) groups is 1. The maximum atomic E-state index is 10.5. The van der Waals surface area contributed by atoms with Gasteiger partial charge in [-0.15, -0.1) is 0 Å². The van der Waals surface area contributed by atoms with E-state index in [9.17, 15) is 4.79 Å². The van der Waals surface area contributed by atoms with Gasteiger partial charge in [0.15, 0.2) is 0 Å². The normalized spacial score (nSPS) is 13.6. The zero-order valence-electron chi connectivity index (χ0n) is 5.95. The molecule has 10 heavy (non-hydrogen) atoms. The molecule has 1 unspecified atom stereocenters. The highest BCUT2D eigenvalue weighted by molar-refractivity contribution is 5.76. The molecule has 0 spiro atoms. The van der Waals surface area contributed by atoms with Crippen molar-refractivity contribution in [1.82, 2.24) is 0 Å². The highest BCUT2D eigenvalue weighted by Gasteiger charge is 2.19. The van der Waals surface area contributed by atoms with Gasteiger partial charge >= 0.3 is 0 Å². The van der Waals surface area contributed by atoms with Gasteiger partial charge in [0.05, 0.1) is 0 Å². The van der Waals surface area contributed by atoms with E-state index in [0.717, 1.165) is 0 Å². The van der Waals surface area contributed by atoms with Crippen molar-refractivity contribution in [1.29, 1.82) is 0 Å². The number of aliphatic hydroxyl groups is 2. The summed E-state index contributed by atoms with van der Waals surface area (Å²) in [6.07, 6.45) is 0.